The predicted octanol–water partition coefficient (Wildman–Crippen LogP) is 2.01. The molecule has 1 fully saturated rings. The fraction of sp³-hybridized carbons (Fsp3) is 0. The van der Waals surface area contributed by atoms with E-state index in [0.717, 1.165) is 3.57 Å². The number of hydrogen-bond acceptors (Lipinski definition) is 4. The summed E-state index contributed by atoms with van der Waals surface area (Å²) in [4.78, 5) is 35.5. The summed E-state index contributed by atoms with van der Waals surface area (Å²) in [5.74, 6) is -2.26. The zero-order valence-electron chi connectivity index (χ0n) is 11.4. The average molecular weight is 440 g/mol. The van der Waals surface area contributed by atoms with E-state index in [-0.39, 0.29) is 11.1 Å². The lowest BCUT2D eigenvalue weighted by atomic mass is 9.92. The third-order valence-electron chi connectivity index (χ3n) is 3.29. The van der Waals surface area contributed by atoms with Gasteiger partial charge in [0.2, 0.25) is 0 Å². The van der Waals surface area contributed by atoms with Crippen LogP contribution in [-0.2, 0) is 9.59 Å². The Balaban J connectivity index is 2.31. The quantitative estimate of drug-likeness (QED) is 0.387. The van der Waals surface area contributed by atoms with E-state index in [4.69, 9.17) is 0 Å². The van der Waals surface area contributed by atoms with Crippen molar-refractivity contribution >= 4 is 57.3 Å². The number of carboxylic acids is 1. The Morgan fingerprint density at radius 3 is 2.13 bits per heavy atom. The summed E-state index contributed by atoms with van der Waals surface area (Å²) >= 11 is 3.34. The van der Waals surface area contributed by atoms with Crippen LogP contribution in [0.4, 0.5) is 0 Å². The van der Waals surface area contributed by atoms with Crippen molar-refractivity contribution in [1.82, 2.24) is 10.9 Å². The molecular weight excluding hydrogens is 431 g/mol. The summed E-state index contributed by atoms with van der Waals surface area (Å²) in [5.41, 5.74) is 5.74. The van der Waals surface area contributed by atoms with E-state index in [1.54, 1.807) is 17.5 Å². The highest BCUT2D eigenvalue weighted by Gasteiger charge is 2.32. The molecule has 1 aliphatic heterocycles. The van der Waals surface area contributed by atoms with E-state index in [1.807, 2.05) is 12.1 Å². The molecule has 0 atom stereocenters. The van der Waals surface area contributed by atoms with Gasteiger partial charge in [-0.05, 0) is 45.7 Å². The van der Waals surface area contributed by atoms with Crippen LogP contribution in [0.3, 0.4) is 0 Å². The molecule has 2 aromatic rings. The Morgan fingerprint density at radius 1 is 1.00 bits per heavy atom. The molecule has 3 rings (SSSR count). The summed E-state index contributed by atoms with van der Waals surface area (Å²) in [6, 6.07) is 7.17. The van der Waals surface area contributed by atoms with Gasteiger partial charge in [0, 0.05) is 20.1 Å². The summed E-state index contributed by atoms with van der Waals surface area (Å²) in [6.45, 7) is 0. The van der Waals surface area contributed by atoms with Crippen LogP contribution < -0.4 is 10.9 Å². The molecule has 1 aliphatic rings. The van der Waals surface area contributed by atoms with Gasteiger partial charge in [0.25, 0.3) is 11.8 Å². The topological polar surface area (TPSA) is 95.5 Å². The van der Waals surface area contributed by atoms with Crippen molar-refractivity contribution in [2.75, 3.05) is 0 Å². The molecular formula is C15H9IN2O4S. The number of aromatic carboxylic acids is 1. The van der Waals surface area contributed by atoms with Crippen molar-refractivity contribution in [3.05, 3.63) is 60.9 Å². The normalized spacial score (nSPS) is 13.7. The highest BCUT2D eigenvalue weighted by molar-refractivity contribution is 14.1. The van der Waals surface area contributed by atoms with Crippen molar-refractivity contribution < 1.29 is 19.5 Å². The molecule has 1 aromatic heterocycles. The van der Waals surface area contributed by atoms with E-state index in [9.17, 15) is 19.5 Å². The number of hydrazine groups is 1. The maximum absolute atomic E-state index is 12.0. The van der Waals surface area contributed by atoms with Crippen LogP contribution in [0.5, 0.6) is 0 Å². The van der Waals surface area contributed by atoms with Crippen LogP contribution in [0, 0.1) is 3.57 Å². The standard InChI is InChI=1S/C15H9IN2O4S/c16-8-3-1-7(2-4-8)11(12-13(19)17-18-14(12)20)9-5-23-6-10(9)15(21)22/h1-6H,(H,17,19)(H,18,20)(H,21,22). The molecule has 3 N–H and O–H groups in total. The zero-order valence-corrected chi connectivity index (χ0v) is 14.4. The van der Waals surface area contributed by atoms with Crippen molar-refractivity contribution in [1.29, 1.82) is 0 Å². The summed E-state index contributed by atoms with van der Waals surface area (Å²) < 4.78 is 0.986. The Hall–Kier alpha value is -2.20. The number of hydrogen-bond donors (Lipinski definition) is 3. The van der Waals surface area contributed by atoms with E-state index in [2.05, 4.69) is 33.4 Å². The molecule has 2 amide bonds. The molecule has 1 saturated heterocycles. The minimum absolute atomic E-state index is 0.0588. The Labute approximate surface area is 148 Å². The first kappa shape index (κ1) is 15.7. The van der Waals surface area contributed by atoms with E-state index < -0.39 is 17.8 Å². The Kier molecular flexibility index (Phi) is 4.18. The van der Waals surface area contributed by atoms with Gasteiger partial charge >= 0.3 is 5.97 Å². The number of carbonyl (C=O) groups excluding carboxylic acids is 2. The summed E-state index contributed by atoms with van der Waals surface area (Å²) in [5, 5.41) is 12.5. The minimum atomic E-state index is -1.11. The molecule has 0 spiro atoms. The molecule has 0 aliphatic carbocycles. The third-order valence-corrected chi connectivity index (χ3v) is 4.75. The summed E-state index contributed by atoms with van der Waals surface area (Å²) in [6.07, 6.45) is 0. The van der Waals surface area contributed by atoms with E-state index in [1.165, 1.54) is 16.7 Å². The number of nitrogens with one attached hydrogen (secondary N) is 2. The van der Waals surface area contributed by atoms with Gasteiger partial charge in [-0.15, -0.1) is 0 Å². The van der Waals surface area contributed by atoms with Crippen LogP contribution in [0.1, 0.15) is 21.5 Å². The van der Waals surface area contributed by atoms with Gasteiger partial charge < -0.3 is 5.11 Å². The van der Waals surface area contributed by atoms with Crippen LogP contribution in [0.15, 0.2) is 40.6 Å². The number of benzene rings is 1. The number of halogens is 1. The molecule has 2 heterocycles. The Morgan fingerprint density at radius 2 is 1.57 bits per heavy atom. The SMILES string of the molecule is O=C1NNC(=O)C1=C(c1ccc(I)cc1)c1cscc1C(=O)O. The van der Waals surface area contributed by atoms with Gasteiger partial charge in [0.1, 0.15) is 5.57 Å². The Bertz CT molecular complexity index is 837. The molecule has 0 radical (unpaired) electrons. The number of amides is 2. The largest absolute Gasteiger partial charge is 0.478 e. The predicted molar refractivity (Wildman–Crippen MR) is 92.7 cm³/mol. The van der Waals surface area contributed by atoms with Gasteiger partial charge in [-0.25, -0.2) is 4.79 Å². The first-order valence-corrected chi connectivity index (χ1v) is 8.42. The zero-order chi connectivity index (χ0) is 16.6. The molecule has 0 saturated carbocycles. The van der Waals surface area contributed by atoms with Gasteiger partial charge in [-0.3, -0.25) is 20.4 Å². The number of carboxylic acid groups (broad SMARTS) is 1. The maximum atomic E-state index is 12.0. The first-order chi connectivity index (χ1) is 11.0. The molecule has 8 heteroatoms. The van der Waals surface area contributed by atoms with Crippen molar-refractivity contribution in [3.8, 4) is 0 Å². The maximum Gasteiger partial charge on any atom is 0.337 e. The van der Waals surface area contributed by atoms with Crippen LogP contribution >= 0.6 is 33.9 Å². The number of thiophene rings is 1. The van der Waals surface area contributed by atoms with E-state index >= 15 is 0 Å². The van der Waals surface area contributed by atoms with Gasteiger partial charge in [0.05, 0.1) is 5.56 Å². The second-order valence-electron chi connectivity index (χ2n) is 4.67. The highest BCUT2D eigenvalue weighted by atomic mass is 127. The third kappa shape index (κ3) is 2.86. The molecule has 116 valence electrons. The molecule has 1 aromatic carbocycles. The number of carbonyl (C=O) groups is 3. The molecule has 6 nitrogen and oxygen atoms in total. The lowest BCUT2D eigenvalue weighted by Gasteiger charge is -2.10. The van der Waals surface area contributed by atoms with Crippen molar-refractivity contribution in [3.63, 3.8) is 0 Å². The fourth-order valence-electron chi connectivity index (χ4n) is 2.28. The van der Waals surface area contributed by atoms with Gasteiger partial charge in [-0.1, -0.05) is 12.1 Å². The molecule has 0 unspecified atom stereocenters. The lowest BCUT2D eigenvalue weighted by molar-refractivity contribution is -0.117. The highest BCUT2D eigenvalue weighted by Crippen LogP contribution is 2.33. The fourth-order valence-corrected chi connectivity index (χ4v) is 3.45. The van der Waals surface area contributed by atoms with Crippen molar-refractivity contribution in [2.45, 2.75) is 0 Å². The lowest BCUT2D eigenvalue weighted by Crippen LogP contribution is -2.28. The smallest absolute Gasteiger partial charge is 0.337 e. The molecule has 0 bridgehead atoms. The van der Waals surface area contributed by atoms with Crippen LogP contribution in [0.25, 0.3) is 5.57 Å². The second-order valence-corrected chi connectivity index (χ2v) is 6.66. The first-order valence-electron chi connectivity index (χ1n) is 6.40. The van der Waals surface area contributed by atoms with Gasteiger partial charge in [0.15, 0.2) is 0 Å². The summed E-state index contributed by atoms with van der Waals surface area (Å²) in [7, 11) is 0. The van der Waals surface area contributed by atoms with E-state index in [0.29, 0.717) is 16.7 Å². The average Bonchev–Trinajstić information content (AvgIpc) is 3.11. The second kappa shape index (κ2) is 6.13. The molecule has 23 heavy (non-hydrogen) atoms. The number of rotatable bonds is 3. The minimum Gasteiger partial charge on any atom is -0.478 e. The van der Waals surface area contributed by atoms with Crippen LogP contribution in [-0.4, -0.2) is 22.9 Å². The van der Waals surface area contributed by atoms with Gasteiger partial charge in [-0.2, -0.15) is 11.3 Å². The monoisotopic (exact) mass is 440 g/mol. The van der Waals surface area contributed by atoms with Crippen molar-refractivity contribution in [2.24, 2.45) is 0 Å². The van der Waals surface area contributed by atoms with Crippen LogP contribution in [0.2, 0.25) is 0 Å².